The molecular weight excluding hydrogens is 240 g/mol. The van der Waals surface area contributed by atoms with Crippen LogP contribution in [0.5, 0.6) is 0 Å². The second-order valence-electron chi connectivity index (χ2n) is 6.28. The van der Waals surface area contributed by atoms with Gasteiger partial charge in [0.05, 0.1) is 0 Å². The maximum atomic E-state index is 12.3. The van der Waals surface area contributed by atoms with E-state index in [1.165, 1.54) is 32.1 Å². The van der Waals surface area contributed by atoms with Crippen molar-refractivity contribution >= 4 is 6.09 Å². The molecule has 0 aromatic heterocycles. The highest BCUT2D eigenvalue weighted by atomic mass is 16.6. The molecule has 2 aliphatic heterocycles. The molecule has 0 spiro atoms. The minimum absolute atomic E-state index is 0.0343. The number of likely N-dealkylation sites (tertiary alicyclic amines) is 1. The fourth-order valence-electron chi connectivity index (χ4n) is 3.95. The lowest BCUT2D eigenvalue weighted by molar-refractivity contribution is 0.0518. The predicted octanol–water partition coefficient (Wildman–Crippen LogP) is 2.53. The third-order valence-corrected chi connectivity index (χ3v) is 5.03. The summed E-state index contributed by atoms with van der Waals surface area (Å²) >= 11 is 0. The second kappa shape index (κ2) is 6.12. The van der Waals surface area contributed by atoms with Crippen LogP contribution in [0.3, 0.4) is 0 Å². The van der Waals surface area contributed by atoms with Crippen molar-refractivity contribution in [2.45, 2.75) is 63.5 Å². The number of carbonyl (C=O) groups is 1. The van der Waals surface area contributed by atoms with Crippen LogP contribution in [-0.4, -0.2) is 42.8 Å². The number of hydrogen-bond acceptors (Lipinski definition) is 3. The van der Waals surface area contributed by atoms with E-state index < -0.39 is 0 Å². The van der Waals surface area contributed by atoms with Crippen LogP contribution in [-0.2, 0) is 4.74 Å². The average molecular weight is 266 g/mol. The normalized spacial score (nSPS) is 29.9. The first-order chi connectivity index (χ1) is 9.34. The second-order valence-corrected chi connectivity index (χ2v) is 6.28. The van der Waals surface area contributed by atoms with Gasteiger partial charge in [0, 0.05) is 12.6 Å². The van der Waals surface area contributed by atoms with Crippen molar-refractivity contribution in [3.63, 3.8) is 0 Å². The van der Waals surface area contributed by atoms with Crippen molar-refractivity contribution in [1.29, 1.82) is 0 Å². The van der Waals surface area contributed by atoms with Crippen LogP contribution in [0.25, 0.3) is 0 Å². The van der Waals surface area contributed by atoms with Gasteiger partial charge in [0.15, 0.2) is 0 Å². The van der Waals surface area contributed by atoms with Crippen LogP contribution in [0.4, 0.5) is 4.79 Å². The molecule has 3 rings (SSSR count). The number of carbonyl (C=O) groups excluding carboxylic acids is 1. The number of nitrogens with zero attached hydrogens (tertiary/aromatic N) is 1. The van der Waals surface area contributed by atoms with E-state index >= 15 is 0 Å². The summed E-state index contributed by atoms with van der Waals surface area (Å²) in [6.07, 6.45) is 9.46. The van der Waals surface area contributed by atoms with Crippen molar-refractivity contribution in [1.82, 2.24) is 10.2 Å². The van der Waals surface area contributed by atoms with Gasteiger partial charge in [0.2, 0.25) is 0 Å². The third kappa shape index (κ3) is 3.04. The molecule has 0 aromatic rings. The largest absolute Gasteiger partial charge is 0.446 e. The molecule has 4 nitrogen and oxygen atoms in total. The zero-order chi connectivity index (χ0) is 13.1. The zero-order valence-electron chi connectivity index (χ0n) is 11.8. The predicted molar refractivity (Wildman–Crippen MR) is 74.1 cm³/mol. The van der Waals surface area contributed by atoms with Gasteiger partial charge in [-0.2, -0.15) is 0 Å². The molecule has 1 unspecified atom stereocenters. The van der Waals surface area contributed by atoms with Crippen LogP contribution in [0.2, 0.25) is 0 Å². The molecule has 1 saturated carbocycles. The summed E-state index contributed by atoms with van der Waals surface area (Å²) in [7, 11) is 0. The third-order valence-electron chi connectivity index (χ3n) is 5.03. The smallest absolute Gasteiger partial charge is 0.410 e. The van der Waals surface area contributed by atoms with Gasteiger partial charge in [0.25, 0.3) is 0 Å². The Labute approximate surface area is 115 Å². The molecule has 19 heavy (non-hydrogen) atoms. The molecule has 1 aliphatic carbocycles. The molecule has 3 fully saturated rings. The first-order valence-corrected chi connectivity index (χ1v) is 8.02. The zero-order valence-corrected chi connectivity index (χ0v) is 11.8. The van der Waals surface area contributed by atoms with Gasteiger partial charge in [-0.1, -0.05) is 0 Å². The molecular formula is C15H26N2O2. The average Bonchev–Trinajstić information content (AvgIpc) is 3.10. The van der Waals surface area contributed by atoms with E-state index in [1.807, 2.05) is 4.90 Å². The van der Waals surface area contributed by atoms with Gasteiger partial charge in [0.1, 0.15) is 6.10 Å². The fraction of sp³-hybridized carbons (Fsp3) is 0.933. The van der Waals surface area contributed by atoms with E-state index in [1.54, 1.807) is 0 Å². The maximum absolute atomic E-state index is 12.3. The van der Waals surface area contributed by atoms with E-state index in [4.69, 9.17) is 4.74 Å². The Morgan fingerprint density at radius 1 is 1.00 bits per heavy atom. The van der Waals surface area contributed by atoms with E-state index in [2.05, 4.69) is 5.32 Å². The summed E-state index contributed by atoms with van der Waals surface area (Å²) in [6, 6.07) is 0.441. The molecule has 3 aliphatic rings. The lowest BCUT2D eigenvalue weighted by Gasteiger charge is -2.34. The lowest BCUT2D eigenvalue weighted by Crippen LogP contribution is -2.44. The Morgan fingerprint density at radius 3 is 2.47 bits per heavy atom. The van der Waals surface area contributed by atoms with Crippen molar-refractivity contribution in [3.8, 4) is 0 Å². The molecule has 0 radical (unpaired) electrons. The molecule has 108 valence electrons. The minimum atomic E-state index is -0.0343. The highest BCUT2D eigenvalue weighted by Gasteiger charge is 2.36. The molecule has 0 bridgehead atoms. The van der Waals surface area contributed by atoms with Crippen molar-refractivity contribution in [2.24, 2.45) is 5.92 Å². The Hall–Kier alpha value is -0.770. The van der Waals surface area contributed by atoms with Crippen LogP contribution in [0.1, 0.15) is 51.4 Å². The number of nitrogens with one attached hydrogen (secondary N) is 1. The summed E-state index contributed by atoms with van der Waals surface area (Å²) in [5, 5.41) is 3.41. The minimum Gasteiger partial charge on any atom is -0.446 e. The quantitative estimate of drug-likeness (QED) is 0.835. The molecule has 0 aromatic carbocycles. The van der Waals surface area contributed by atoms with Gasteiger partial charge in [-0.15, -0.1) is 0 Å². The van der Waals surface area contributed by atoms with E-state index in [0.717, 1.165) is 38.9 Å². The van der Waals surface area contributed by atoms with Gasteiger partial charge in [-0.25, -0.2) is 4.79 Å². The molecule has 4 heteroatoms. The summed E-state index contributed by atoms with van der Waals surface area (Å²) in [5.74, 6) is 0.680. The standard InChI is InChI=1S/C15H26N2O2/c18-15(19-13-4-1-2-5-13)17-11-3-6-14(17)12-7-9-16-10-8-12/h12-14,16H,1-11H2. The topological polar surface area (TPSA) is 41.6 Å². The molecule has 1 amide bonds. The van der Waals surface area contributed by atoms with E-state index in [-0.39, 0.29) is 12.2 Å². The van der Waals surface area contributed by atoms with Gasteiger partial charge in [-0.05, 0) is 70.4 Å². The monoisotopic (exact) mass is 266 g/mol. The summed E-state index contributed by atoms with van der Waals surface area (Å²) in [4.78, 5) is 14.4. The van der Waals surface area contributed by atoms with Crippen LogP contribution in [0, 0.1) is 5.92 Å². The summed E-state index contributed by atoms with van der Waals surface area (Å²) in [6.45, 7) is 3.11. The Balaban J connectivity index is 1.56. The van der Waals surface area contributed by atoms with Crippen molar-refractivity contribution < 1.29 is 9.53 Å². The first-order valence-electron chi connectivity index (χ1n) is 8.02. The molecule has 2 heterocycles. The molecule has 1 atom stereocenters. The molecule has 1 N–H and O–H groups in total. The van der Waals surface area contributed by atoms with Gasteiger partial charge in [-0.3, -0.25) is 0 Å². The van der Waals surface area contributed by atoms with E-state index in [0.29, 0.717) is 12.0 Å². The molecule has 2 saturated heterocycles. The Bertz CT molecular complexity index is 309. The fourth-order valence-corrected chi connectivity index (χ4v) is 3.95. The first kappa shape index (κ1) is 13.2. The van der Waals surface area contributed by atoms with Gasteiger partial charge >= 0.3 is 6.09 Å². The van der Waals surface area contributed by atoms with Crippen molar-refractivity contribution in [3.05, 3.63) is 0 Å². The lowest BCUT2D eigenvalue weighted by atomic mass is 9.89. The number of ether oxygens (including phenoxy) is 1. The highest BCUT2D eigenvalue weighted by Crippen LogP contribution is 2.31. The number of rotatable bonds is 2. The van der Waals surface area contributed by atoms with Crippen LogP contribution < -0.4 is 5.32 Å². The Morgan fingerprint density at radius 2 is 1.74 bits per heavy atom. The summed E-state index contributed by atoms with van der Waals surface area (Å²) < 4.78 is 5.69. The van der Waals surface area contributed by atoms with Crippen LogP contribution >= 0.6 is 0 Å². The van der Waals surface area contributed by atoms with Crippen LogP contribution in [0.15, 0.2) is 0 Å². The maximum Gasteiger partial charge on any atom is 0.410 e. The van der Waals surface area contributed by atoms with E-state index in [9.17, 15) is 4.79 Å². The highest BCUT2D eigenvalue weighted by molar-refractivity contribution is 5.68. The SMILES string of the molecule is O=C(OC1CCCC1)N1CCCC1C1CCNCC1. The van der Waals surface area contributed by atoms with Crippen molar-refractivity contribution in [2.75, 3.05) is 19.6 Å². The number of piperidine rings is 1. The number of amides is 1. The Kier molecular flexibility index (Phi) is 4.26. The number of hydrogen-bond donors (Lipinski definition) is 1. The summed E-state index contributed by atoms with van der Waals surface area (Å²) in [5.41, 5.74) is 0. The van der Waals surface area contributed by atoms with Gasteiger partial charge < -0.3 is 15.0 Å².